The Balaban J connectivity index is 1.94. The fourth-order valence-corrected chi connectivity index (χ4v) is 3.72. The van der Waals surface area contributed by atoms with Gasteiger partial charge in [0.05, 0.1) is 11.8 Å². The van der Waals surface area contributed by atoms with Crippen molar-refractivity contribution in [2.24, 2.45) is 5.92 Å². The van der Waals surface area contributed by atoms with Gasteiger partial charge in [-0.15, -0.1) is 11.8 Å². The zero-order valence-electron chi connectivity index (χ0n) is 10.9. The predicted octanol–water partition coefficient (Wildman–Crippen LogP) is 0.231. The van der Waals surface area contributed by atoms with Gasteiger partial charge in [0, 0.05) is 25.8 Å². The molecule has 7 heteroatoms. The van der Waals surface area contributed by atoms with E-state index in [9.17, 15) is 14.4 Å². The van der Waals surface area contributed by atoms with Crippen LogP contribution in [-0.4, -0.2) is 63.5 Å². The summed E-state index contributed by atoms with van der Waals surface area (Å²) in [5.74, 6) is -0.0400. The molecule has 1 N–H and O–H groups in total. The number of amides is 2. The third kappa shape index (κ3) is 3.02. The summed E-state index contributed by atoms with van der Waals surface area (Å²) >= 11 is 1.58. The van der Waals surface area contributed by atoms with E-state index in [4.69, 9.17) is 5.11 Å². The number of carbonyl (C=O) groups is 3. The van der Waals surface area contributed by atoms with Crippen molar-refractivity contribution in [2.45, 2.75) is 25.8 Å². The summed E-state index contributed by atoms with van der Waals surface area (Å²) in [6, 6.07) is -0.371. The van der Waals surface area contributed by atoms with E-state index in [1.165, 1.54) is 6.92 Å². The molecule has 2 amide bonds. The molecule has 2 rings (SSSR count). The molecule has 6 nitrogen and oxygen atoms in total. The second kappa shape index (κ2) is 5.81. The molecule has 2 aliphatic rings. The zero-order valence-corrected chi connectivity index (χ0v) is 11.7. The highest BCUT2D eigenvalue weighted by molar-refractivity contribution is 7.99. The van der Waals surface area contributed by atoms with E-state index in [1.807, 2.05) is 0 Å². The van der Waals surface area contributed by atoms with Crippen LogP contribution in [0.4, 0.5) is 0 Å². The highest BCUT2D eigenvalue weighted by Gasteiger charge is 2.37. The van der Waals surface area contributed by atoms with Gasteiger partial charge in [0.25, 0.3) is 0 Å². The van der Waals surface area contributed by atoms with Gasteiger partial charge in [-0.1, -0.05) is 0 Å². The van der Waals surface area contributed by atoms with Crippen molar-refractivity contribution in [2.75, 3.05) is 24.7 Å². The van der Waals surface area contributed by atoms with Crippen LogP contribution in [0, 0.1) is 5.92 Å². The smallest absolute Gasteiger partial charge is 0.306 e. The molecule has 2 heterocycles. The van der Waals surface area contributed by atoms with Crippen molar-refractivity contribution in [1.29, 1.82) is 0 Å². The Kier molecular flexibility index (Phi) is 4.34. The van der Waals surface area contributed by atoms with Crippen LogP contribution in [0.1, 0.15) is 19.8 Å². The SMILES string of the molecule is CC(=O)N1CSC[C@H]1C(=O)N1CCC(C(=O)O)CC1. The van der Waals surface area contributed by atoms with Crippen LogP contribution in [0.3, 0.4) is 0 Å². The molecule has 0 unspecified atom stereocenters. The number of hydrogen-bond donors (Lipinski definition) is 1. The Bertz CT molecular complexity index is 393. The first-order valence-corrected chi connectivity index (χ1v) is 7.52. The van der Waals surface area contributed by atoms with E-state index in [-0.39, 0.29) is 23.8 Å². The van der Waals surface area contributed by atoms with E-state index in [1.54, 1.807) is 21.6 Å². The van der Waals surface area contributed by atoms with Crippen LogP contribution in [0.25, 0.3) is 0 Å². The first kappa shape index (κ1) is 14.2. The van der Waals surface area contributed by atoms with Crippen LogP contribution < -0.4 is 0 Å². The third-order valence-corrected chi connectivity index (χ3v) is 4.74. The molecule has 0 bridgehead atoms. The van der Waals surface area contributed by atoms with E-state index < -0.39 is 5.97 Å². The second-order valence-electron chi connectivity index (χ2n) is 4.94. The lowest BCUT2D eigenvalue weighted by atomic mass is 9.96. The van der Waals surface area contributed by atoms with Crippen molar-refractivity contribution in [1.82, 2.24) is 9.80 Å². The van der Waals surface area contributed by atoms with E-state index in [0.29, 0.717) is 37.6 Å². The van der Waals surface area contributed by atoms with Crippen molar-refractivity contribution in [3.05, 3.63) is 0 Å². The molecular weight excluding hydrogens is 268 g/mol. The molecule has 1 atom stereocenters. The highest BCUT2D eigenvalue weighted by atomic mass is 32.2. The number of hydrogen-bond acceptors (Lipinski definition) is 4. The van der Waals surface area contributed by atoms with E-state index in [0.717, 1.165) is 0 Å². The Morgan fingerprint density at radius 3 is 2.37 bits per heavy atom. The average molecular weight is 286 g/mol. The Morgan fingerprint density at radius 2 is 1.84 bits per heavy atom. The largest absolute Gasteiger partial charge is 0.481 e. The van der Waals surface area contributed by atoms with Gasteiger partial charge in [0.1, 0.15) is 6.04 Å². The van der Waals surface area contributed by atoms with E-state index in [2.05, 4.69) is 0 Å². The third-order valence-electron chi connectivity index (χ3n) is 3.73. The Labute approximate surface area is 116 Å². The fraction of sp³-hybridized carbons (Fsp3) is 0.750. The van der Waals surface area contributed by atoms with Crippen LogP contribution in [0.15, 0.2) is 0 Å². The summed E-state index contributed by atoms with van der Waals surface area (Å²) < 4.78 is 0. The normalized spacial score (nSPS) is 24.6. The summed E-state index contributed by atoms with van der Waals surface area (Å²) in [5.41, 5.74) is 0. The summed E-state index contributed by atoms with van der Waals surface area (Å²) in [4.78, 5) is 38.0. The van der Waals surface area contributed by atoms with Gasteiger partial charge in [-0.25, -0.2) is 0 Å². The standard InChI is InChI=1S/C12H18N2O4S/c1-8(15)14-7-19-6-10(14)11(16)13-4-2-9(3-5-13)12(17)18/h9-10H,2-7H2,1H3,(H,17,18)/t10-/m0/s1. The van der Waals surface area contributed by atoms with Crippen molar-refractivity contribution in [3.8, 4) is 0 Å². The lowest BCUT2D eigenvalue weighted by Gasteiger charge is -2.33. The summed E-state index contributed by atoms with van der Waals surface area (Å²) in [6.07, 6.45) is 1.00. The van der Waals surface area contributed by atoms with Crippen LogP contribution >= 0.6 is 11.8 Å². The Hall–Kier alpha value is -1.24. The lowest BCUT2D eigenvalue weighted by Crippen LogP contribution is -2.51. The maximum absolute atomic E-state index is 12.4. The van der Waals surface area contributed by atoms with Crippen LogP contribution in [0.2, 0.25) is 0 Å². The minimum Gasteiger partial charge on any atom is -0.481 e. The predicted molar refractivity (Wildman–Crippen MR) is 70.6 cm³/mol. The minimum absolute atomic E-state index is 0.0379. The molecule has 0 radical (unpaired) electrons. The number of carbonyl (C=O) groups excluding carboxylic acids is 2. The fourth-order valence-electron chi connectivity index (χ4n) is 2.52. The quantitative estimate of drug-likeness (QED) is 0.786. The molecule has 2 fully saturated rings. The maximum atomic E-state index is 12.4. The van der Waals surface area contributed by atoms with Gasteiger partial charge in [0.2, 0.25) is 11.8 Å². The van der Waals surface area contributed by atoms with Crippen LogP contribution in [-0.2, 0) is 14.4 Å². The first-order valence-electron chi connectivity index (χ1n) is 6.37. The molecule has 0 aromatic carbocycles. The molecule has 0 spiro atoms. The number of thioether (sulfide) groups is 1. The number of piperidine rings is 1. The molecule has 0 aromatic rings. The highest BCUT2D eigenvalue weighted by Crippen LogP contribution is 2.25. The van der Waals surface area contributed by atoms with Gasteiger partial charge >= 0.3 is 5.97 Å². The number of nitrogens with zero attached hydrogens (tertiary/aromatic N) is 2. The van der Waals surface area contributed by atoms with Crippen molar-refractivity contribution in [3.63, 3.8) is 0 Å². The topological polar surface area (TPSA) is 77.9 Å². The summed E-state index contributed by atoms with van der Waals surface area (Å²) in [7, 11) is 0. The minimum atomic E-state index is -0.783. The van der Waals surface area contributed by atoms with Gasteiger partial charge in [-0.3, -0.25) is 14.4 Å². The van der Waals surface area contributed by atoms with Gasteiger partial charge in [0.15, 0.2) is 0 Å². The maximum Gasteiger partial charge on any atom is 0.306 e. The molecule has 2 saturated heterocycles. The molecule has 0 aromatic heterocycles. The molecular formula is C12H18N2O4S. The van der Waals surface area contributed by atoms with Crippen molar-refractivity contribution >= 4 is 29.5 Å². The van der Waals surface area contributed by atoms with Gasteiger partial charge in [-0.2, -0.15) is 0 Å². The second-order valence-corrected chi connectivity index (χ2v) is 5.94. The Morgan fingerprint density at radius 1 is 1.21 bits per heavy atom. The molecule has 0 saturated carbocycles. The summed E-state index contributed by atoms with van der Waals surface area (Å²) in [5, 5.41) is 8.93. The molecule has 19 heavy (non-hydrogen) atoms. The van der Waals surface area contributed by atoms with Crippen molar-refractivity contribution < 1.29 is 19.5 Å². The zero-order chi connectivity index (χ0) is 14.0. The average Bonchev–Trinajstić information content (AvgIpc) is 2.87. The lowest BCUT2D eigenvalue weighted by molar-refractivity contribution is -0.148. The van der Waals surface area contributed by atoms with Crippen LogP contribution in [0.5, 0.6) is 0 Å². The first-order chi connectivity index (χ1) is 9.00. The van der Waals surface area contributed by atoms with Gasteiger partial charge < -0.3 is 14.9 Å². The molecule has 2 aliphatic heterocycles. The number of carboxylic acids is 1. The molecule has 0 aliphatic carbocycles. The number of rotatable bonds is 2. The molecule has 106 valence electrons. The number of carboxylic acid groups (broad SMARTS) is 1. The summed E-state index contributed by atoms with van der Waals surface area (Å²) in [6.45, 7) is 2.42. The van der Waals surface area contributed by atoms with E-state index >= 15 is 0 Å². The van der Waals surface area contributed by atoms with Gasteiger partial charge in [-0.05, 0) is 12.8 Å². The number of aliphatic carboxylic acids is 1. The monoisotopic (exact) mass is 286 g/mol. The number of likely N-dealkylation sites (tertiary alicyclic amines) is 1.